The largest absolute Gasteiger partial charge is 0.394 e. The van der Waals surface area contributed by atoms with Crippen LogP contribution >= 0.6 is 0 Å². The zero-order chi connectivity index (χ0) is 20.4. The molecule has 0 aromatic carbocycles. The summed E-state index contributed by atoms with van der Waals surface area (Å²) in [6.07, 6.45) is 6.35. The summed E-state index contributed by atoms with van der Waals surface area (Å²) in [5, 5.41) is 9.76. The van der Waals surface area contributed by atoms with Gasteiger partial charge in [0.05, 0.1) is 19.0 Å². The van der Waals surface area contributed by atoms with Crippen molar-refractivity contribution in [3.63, 3.8) is 0 Å². The van der Waals surface area contributed by atoms with Gasteiger partial charge in [0.25, 0.3) is 0 Å². The van der Waals surface area contributed by atoms with Crippen molar-refractivity contribution in [3.05, 3.63) is 42.7 Å². The van der Waals surface area contributed by atoms with Crippen LogP contribution in [-0.4, -0.2) is 73.4 Å². The summed E-state index contributed by atoms with van der Waals surface area (Å²) in [4.78, 5) is 21.9. The van der Waals surface area contributed by atoms with Gasteiger partial charge in [0, 0.05) is 45.1 Å². The Balaban J connectivity index is 1.62. The second-order valence-corrected chi connectivity index (χ2v) is 7.67. The summed E-state index contributed by atoms with van der Waals surface area (Å²) in [5.74, 6) is 0.798. The number of anilines is 1. The van der Waals surface area contributed by atoms with E-state index < -0.39 is 0 Å². The van der Waals surface area contributed by atoms with E-state index in [-0.39, 0.29) is 18.9 Å². The second-order valence-electron chi connectivity index (χ2n) is 7.67. The minimum Gasteiger partial charge on any atom is -0.394 e. The zero-order valence-corrected chi connectivity index (χ0v) is 17.0. The van der Waals surface area contributed by atoms with Gasteiger partial charge in [-0.1, -0.05) is 0 Å². The number of aliphatic hydroxyl groups excluding tert-OH is 1. The number of ether oxygens (including phenoxy) is 1. The fraction of sp³-hybridized carbons (Fsp3) is 0.500. The molecule has 4 rings (SSSR count). The molecule has 1 aliphatic heterocycles. The molecule has 0 unspecified atom stereocenters. The van der Waals surface area contributed by atoms with Gasteiger partial charge >= 0.3 is 0 Å². The van der Waals surface area contributed by atoms with E-state index in [0.717, 1.165) is 23.5 Å². The van der Waals surface area contributed by atoms with Gasteiger partial charge in [0.1, 0.15) is 12.6 Å². The number of imidazole rings is 1. The van der Waals surface area contributed by atoms with Gasteiger partial charge in [0.2, 0.25) is 0 Å². The Bertz CT molecular complexity index is 946. The van der Waals surface area contributed by atoms with Crippen molar-refractivity contribution in [2.45, 2.75) is 38.8 Å². The first kappa shape index (κ1) is 19.7. The van der Waals surface area contributed by atoms with Crippen molar-refractivity contribution in [1.82, 2.24) is 29.4 Å². The highest BCUT2D eigenvalue weighted by Gasteiger charge is 2.30. The number of nitrogens with zero attached hydrogens (tertiary/aromatic N) is 7. The highest BCUT2D eigenvalue weighted by atomic mass is 16.5. The Morgan fingerprint density at radius 3 is 2.72 bits per heavy atom. The van der Waals surface area contributed by atoms with Crippen LogP contribution in [0.2, 0.25) is 0 Å². The van der Waals surface area contributed by atoms with E-state index in [4.69, 9.17) is 4.74 Å². The van der Waals surface area contributed by atoms with Gasteiger partial charge in [0.15, 0.2) is 17.0 Å². The molecule has 3 aromatic heterocycles. The SMILES string of the molecule is CC(C)N(C)c1ncnc2c1ncn2[C@H]1CN(Cc2ccncc2)C[C@@H](CO)O1. The van der Waals surface area contributed by atoms with Crippen molar-refractivity contribution in [2.24, 2.45) is 0 Å². The average molecular weight is 397 g/mol. The number of pyridine rings is 1. The number of hydrogen-bond acceptors (Lipinski definition) is 8. The molecule has 1 fully saturated rings. The predicted molar refractivity (Wildman–Crippen MR) is 109 cm³/mol. The molecule has 0 bridgehead atoms. The molecule has 4 heterocycles. The number of aromatic nitrogens is 5. The molecule has 0 amide bonds. The zero-order valence-electron chi connectivity index (χ0n) is 17.0. The van der Waals surface area contributed by atoms with E-state index in [9.17, 15) is 5.11 Å². The topological polar surface area (TPSA) is 92.4 Å². The molecule has 0 aliphatic carbocycles. The van der Waals surface area contributed by atoms with Gasteiger partial charge in [-0.2, -0.15) is 0 Å². The highest BCUT2D eigenvalue weighted by molar-refractivity contribution is 5.83. The third-order valence-electron chi connectivity index (χ3n) is 5.34. The first-order valence-corrected chi connectivity index (χ1v) is 9.84. The molecular weight excluding hydrogens is 370 g/mol. The Morgan fingerprint density at radius 1 is 1.21 bits per heavy atom. The summed E-state index contributed by atoms with van der Waals surface area (Å²) in [6.45, 7) is 6.28. The van der Waals surface area contributed by atoms with Gasteiger partial charge in [-0.15, -0.1) is 0 Å². The van der Waals surface area contributed by atoms with E-state index in [0.29, 0.717) is 19.1 Å². The number of fused-ring (bicyclic) bond motifs is 1. The van der Waals surface area contributed by atoms with Crippen LogP contribution in [0.15, 0.2) is 37.2 Å². The molecule has 154 valence electrons. The summed E-state index contributed by atoms with van der Waals surface area (Å²) >= 11 is 0. The molecular formula is C20H27N7O2. The summed E-state index contributed by atoms with van der Waals surface area (Å²) < 4.78 is 8.09. The van der Waals surface area contributed by atoms with Crippen molar-refractivity contribution < 1.29 is 9.84 Å². The molecule has 0 saturated carbocycles. The highest BCUT2D eigenvalue weighted by Crippen LogP contribution is 2.28. The Morgan fingerprint density at radius 2 is 2.00 bits per heavy atom. The fourth-order valence-electron chi connectivity index (χ4n) is 3.57. The molecule has 0 spiro atoms. The van der Waals surface area contributed by atoms with E-state index in [1.165, 1.54) is 5.56 Å². The summed E-state index contributed by atoms with van der Waals surface area (Å²) in [5.41, 5.74) is 2.66. The number of hydrogen-bond donors (Lipinski definition) is 1. The lowest BCUT2D eigenvalue weighted by molar-refractivity contribution is -0.135. The van der Waals surface area contributed by atoms with Crippen LogP contribution in [0.4, 0.5) is 5.82 Å². The van der Waals surface area contributed by atoms with Crippen LogP contribution < -0.4 is 4.90 Å². The monoisotopic (exact) mass is 397 g/mol. The lowest BCUT2D eigenvalue weighted by atomic mass is 10.2. The molecule has 2 atom stereocenters. The van der Waals surface area contributed by atoms with Crippen molar-refractivity contribution in [1.29, 1.82) is 0 Å². The molecule has 3 aromatic rings. The van der Waals surface area contributed by atoms with Crippen LogP contribution in [0.5, 0.6) is 0 Å². The van der Waals surface area contributed by atoms with Crippen LogP contribution in [0, 0.1) is 0 Å². The average Bonchev–Trinajstić information content (AvgIpc) is 3.18. The molecule has 9 heteroatoms. The van der Waals surface area contributed by atoms with E-state index in [2.05, 4.69) is 43.6 Å². The number of rotatable bonds is 6. The maximum absolute atomic E-state index is 9.76. The third-order valence-corrected chi connectivity index (χ3v) is 5.34. The predicted octanol–water partition coefficient (Wildman–Crippen LogP) is 1.46. The van der Waals surface area contributed by atoms with E-state index >= 15 is 0 Å². The minimum atomic E-state index is -0.292. The van der Waals surface area contributed by atoms with Crippen molar-refractivity contribution >= 4 is 17.0 Å². The van der Waals surface area contributed by atoms with Crippen molar-refractivity contribution in [2.75, 3.05) is 31.6 Å². The maximum Gasteiger partial charge on any atom is 0.167 e. The van der Waals surface area contributed by atoms with Gasteiger partial charge in [-0.3, -0.25) is 14.5 Å². The van der Waals surface area contributed by atoms with Gasteiger partial charge < -0.3 is 14.7 Å². The first-order chi connectivity index (χ1) is 14.1. The Labute approximate surface area is 170 Å². The van der Waals surface area contributed by atoms with Crippen LogP contribution in [0.1, 0.15) is 25.6 Å². The normalized spacial score (nSPS) is 20.4. The van der Waals surface area contributed by atoms with Crippen LogP contribution in [-0.2, 0) is 11.3 Å². The smallest absolute Gasteiger partial charge is 0.167 e. The molecule has 9 nitrogen and oxygen atoms in total. The van der Waals surface area contributed by atoms with Crippen LogP contribution in [0.3, 0.4) is 0 Å². The fourth-order valence-corrected chi connectivity index (χ4v) is 3.57. The van der Waals surface area contributed by atoms with Gasteiger partial charge in [-0.25, -0.2) is 15.0 Å². The molecule has 1 saturated heterocycles. The van der Waals surface area contributed by atoms with Gasteiger partial charge in [-0.05, 0) is 31.5 Å². The quantitative estimate of drug-likeness (QED) is 0.668. The Hall–Kier alpha value is -2.62. The van der Waals surface area contributed by atoms with E-state index in [1.807, 2.05) is 23.7 Å². The number of aliphatic hydroxyl groups is 1. The Kier molecular flexibility index (Phi) is 5.70. The lowest BCUT2D eigenvalue weighted by Crippen LogP contribution is -2.46. The molecule has 1 N–H and O–H groups in total. The van der Waals surface area contributed by atoms with E-state index in [1.54, 1.807) is 25.0 Å². The first-order valence-electron chi connectivity index (χ1n) is 9.84. The summed E-state index contributed by atoms with van der Waals surface area (Å²) in [6, 6.07) is 4.30. The van der Waals surface area contributed by atoms with Crippen LogP contribution in [0.25, 0.3) is 11.2 Å². The van der Waals surface area contributed by atoms with Crippen molar-refractivity contribution in [3.8, 4) is 0 Å². The molecule has 29 heavy (non-hydrogen) atoms. The minimum absolute atomic E-state index is 0.0354. The maximum atomic E-state index is 9.76. The molecule has 1 aliphatic rings. The standard InChI is InChI=1S/C20H27N7O2/c1-14(2)25(3)19-18-20(23-12-22-19)27(13-24-18)17-10-26(9-16(11-28)29-17)8-15-4-6-21-7-5-15/h4-7,12-14,16-17,28H,8-11H2,1-3H3/t16-,17+/m0/s1. The molecule has 0 radical (unpaired) electrons. The number of morpholine rings is 1. The second kappa shape index (κ2) is 8.40. The third kappa shape index (κ3) is 4.07. The lowest BCUT2D eigenvalue weighted by Gasteiger charge is -2.37. The summed E-state index contributed by atoms with van der Waals surface area (Å²) in [7, 11) is 2.00.